The second-order valence-corrected chi connectivity index (χ2v) is 8.64. The van der Waals surface area contributed by atoms with E-state index in [0.29, 0.717) is 23.9 Å². The number of sulfonamides is 1. The summed E-state index contributed by atoms with van der Waals surface area (Å²) in [5, 5.41) is 0. The summed E-state index contributed by atoms with van der Waals surface area (Å²) in [6.45, 7) is 6.98. The highest BCUT2D eigenvalue weighted by Crippen LogP contribution is 2.32. The maximum absolute atomic E-state index is 12.8. The summed E-state index contributed by atoms with van der Waals surface area (Å²) in [6.07, 6.45) is 2.04. The van der Waals surface area contributed by atoms with Crippen LogP contribution in [0.3, 0.4) is 0 Å². The van der Waals surface area contributed by atoms with Gasteiger partial charge in [-0.3, -0.25) is 0 Å². The van der Waals surface area contributed by atoms with E-state index in [0.717, 1.165) is 22.6 Å². The van der Waals surface area contributed by atoms with Crippen LogP contribution in [0.25, 0.3) is 0 Å². The van der Waals surface area contributed by atoms with E-state index in [2.05, 4.69) is 6.92 Å². The first-order valence-electron chi connectivity index (χ1n) is 6.67. The van der Waals surface area contributed by atoms with Crippen LogP contribution in [0.15, 0.2) is 11.0 Å². The van der Waals surface area contributed by atoms with Crippen LogP contribution >= 0.6 is 11.3 Å². The third kappa shape index (κ3) is 2.86. The summed E-state index contributed by atoms with van der Waals surface area (Å²) in [7, 11) is -3.38. The molecule has 1 saturated heterocycles. The molecule has 0 saturated carbocycles. The Morgan fingerprint density at radius 2 is 2.11 bits per heavy atom. The van der Waals surface area contributed by atoms with Gasteiger partial charge in [0.25, 0.3) is 0 Å². The van der Waals surface area contributed by atoms with E-state index in [1.807, 2.05) is 13.8 Å². The molecule has 2 heterocycles. The van der Waals surface area contributed by atoms with Crippen molar-refractivity contribution in [2.24, 2.45) is 11.7 Å². The molecule has 0 spiro atoms. The molecule has 1 aliphatic rings. The predicted octanol–water partition coefficient (Wildman–Crippen LogP) is 2.32. The molecule has 2 atom stereocenters. The monoisotopic (exact) mass is 302 g/mol. The number of nitrogens with zero attached hydrogens (tertiary/aromatic N) is 1. The standard InChI is InChI=1S/C13H22N2O2S2/c1-9-4-5-10(2)15(8-9)19(16,17)13-6-12(7-14)18-11(13)3/h6,9-10H,4-5,7-8,14H2,1-3H3. The topological polar surface area (TPSA) is 63.4 Å². The predicted molar refractivity (Wildman–Crippen MR) is 78.7 cm³/mol. The highest BCUT2D eigenvalue weighted by Gasteiger charge is 2.34. The maximum Gasteiger partial charge on any atom is 0.244 e. The van der Waals surface area contributed by atoms with Gasteiger partial charge in [0.2, 0.25) is 10.0 Å². The number of piperidine rings is 1. The van der Waals surface area contributed by atoms with Crippen molar-refractivity contribution in [3.05, 3.63) is 15.8 Å². The van der Waals surface area contributed by atoms with Crippen LogP contribution in [0.1, 0.15) is 36.4 Å². The number of hydrogen-bond donors (Lipinski definition) is 1. The minimum absolute atomic E-state index is 0.0850. The number of nitrogens with two attached hydrogens (primary N) is 1. The third-order valence-corrected chi connectivity index (χ3v) is 7.08. The first kappa shape index (κ1) is 15.0. The van der Waals surface area contributed by atoms with Crippen LogP contribution in [0.4, 0.5) is 0 Å². The van der Waals surface area contributed by atoms with Gasteiger partial charge in [-0.05, 0) is 38.7 Å². The highest BCUT2D eigenvalue weighted by atomic mass is 32.2. The van der Waals surface area contributed by atoms with Crippen molar-refractivity contribution in [3.8, 4) is 0 Å². The van der Waals surface area contributed by atoms with Crippen molar-refractivity contribution in [2.45, 2.75) is 51.1 Å². The molecule has 108 valence electrons. The number of hydrogen-bond acceptors (Lipinski definition) is 4. The Bertz CT molecular complexity index is 551. The molecule has 1 fully saturated rings. The fourth-order valence-corrected chi connectivity index (χ4v) is 5.86. The Labute approximate surface area is 119 Å². The molecule has 1 aromatic heterocycles. The van der Waals surface area contributed by atoms with Gasteiger partial charge in [0.05, 0.1) is 4.90 Å². The van der Waals surface area contributed by atoms with E-state index in [9.17, 15) is 8.42 Å². The average molecular weight is 302 g/mol. The molecule has 0 aliphatic carbocycles. The molecule has 1 aliphatic heterocycles. The minimum atomic E-state index is -3.38. The van der Waals surface area contributed by atoms with Gasteiger partial charge >= 0.3 is 0 Å². The van der Waals surface area contributed by atoms with E-state index in [1.165, 1.54) is 11.3 Å². The average Bonchev–Trinajstić information content (AvgIpc) is 2.74. The molecule has 0 radical (unpaired) electrons. The molecule has 4 nitrogen and oxygen atoms in total. The normalized spacial score (nSPS) is 25.7. The Morgan fingerprint density at radius 3 is 2.68 bits per heavy atom. The fourth-order valence-electron chi connectivity index (χ4n) is 2.59. The number of thiophene rings is 1. The first-order valence-corrected chi connectivity index (χ1v) is 8.93. The van der Waals surface area contributed by atoms with Crippen molar-refractivity contribution in [2.75, 3.05) is 6.54 Å². The molecule has 2 unspecified atom stereocenters. The van der Waals surface area contributed by atoms with Crippen molar-refractivity contribution in [3.63, 3.8) is 0 Å². The van der Waals surface area contributed by atoms with Crippen molar-refractivity contribution < 1.29 is 8.42 Å². The Morgan fingerprint density at radius 1 is 1.42 bits per heavy atom. The Hall–Kier alpha value is -0.430. The fraction of sp³-hybridized carbons (Fsp3) is 0.692. The van der Waals surface area contributed by atoms with Gasteiger partial charge in [0, 0.05) is 28.9 Å². The quantitative estimate of drug-likeness (QED) is 0.932. The number of rotatable bonds is 3. The van der Waals surface area contributed by atoms with Crippen LogP contribution in [-0.4, -0.2) is 25.3 Å². The summed E-state index contributed by atoms with van der Waals surface area (Å²) in [5.74, 6) is 0.430. The molecule has 0 aromatic carbocycles. The molecule has 0 amide bonds. The van der Waals surface area contributed by atoms with Gasteiger partial charge in [0.15, 0.2) is 0 Å². The second-order valence-electron chi connectivity index (χ2n) is 5.44. The summed E-state index contributed by atoms with van der Waals surface area (Å²) in [6, 6.07) is 1.82. The molecule has 19 heavy (non-hydrogen) atoms. The lowest BCUT2D eigenvalue weighted by Crippen LogP contribution is -2.44. The lowest BCUT2D eigenvalue weighted by atomic mass is 9.97. The van der Waals surface area contributed by atoms with Gasteiger partial charge < -0.3 is 5.73 Å². The summed E-state index contributed by atoms with van der Waals surface area (Å²) >= 11 is 1.48. The summed E-state index contributed by atoms with van der Waals surface area (Å²) in [5.41, 5.74) is 5.61. The highest BCUT2D eigenvalue weighted by molar-refractivity contribution is 7.89. The van der Waals surface area contributed by atoms with E-state index >= 15 is 0 Å². The van der Waals surface area contributed by atoms with E-state index in [1.54, 1.807) is 10.4 Å². The summed E-state index contributed by atoms with van der Waals surface area (Å²) < 4.78 is 27.2. The van der Waals surface area contributed by atoms with Gasteiger partial charge in [-0.2, -0.15) is 4.31 Å². The molecule has 0 bridgehead atoms. The molecular formula is C13H22N2O2S2. The zero-order valence-corrected chi connectivity index (χ0v) is 13.4. The Kier molecular flexibility index (Phi) is 4.35. The van der Waals surface area contributed by atoms with E-state index in [4.69, 9.17) is 5.73 Å². The second kappa shape index (κ2) is 5.52. The third-order valence-electron chi connectivity index (χ3n) is 3.77. The van der Waals surface area contributed by atoms with Crippen LogP contribution in [0.2, 0.25) is 0 Å². The molecule has 2 rings (SSSR count). The van der Waals surface area contributed by atoms with Crippen LogP contribution in [0.5, 0.6) is 0 Å². The molecule has 2 N–H and O–H groups in total. The largest absolute Gasteiger partial charge is 0.326 e. The van der Waals surface area contributed by atoms with Gasteiger partial charge in [-0.15, -0.1) is 11.3 Å². The van der Waals surface area contributed by atoms with Crippen molar-refractivity contribution >= 4 is 21.4 Å². The lowest BCUT2D eigenvalue weighted by molar-refractivity contribution is 0.218. The van der Waals surface area contributed by atoms with Crippen LogP contribution in [0, 0.1) is 12.8 Å². The summed E-state index contributed by atoms with van der Waals surface area (Å²) in [4.78, 5) is 2.21. The Balaban J connectivity index is 2.37. The van der Waals surface area contributed by atoms with E-state index < -0.39 is 10.0 Å². The van der Waals surface area contributed by atoms with Crippen molar-refractivity contribution in [1.82, 2.24) is 4.31 Å². The lowest BCUT2D eigenvalue weighted by Gasteiger charge is -2.35. The molecule has 1 aromatic rings. The molecular weight excluding hydrogens is 280 g/mol. The smallest absolute Gasteiger partial charge is 0.244 e. The first-order chi connectivity index (χ1) is 8.86. The molecule has 6 heteroatoms. The van der Waals surface area contributed by atoms with Gasteiger partial charge in [0.1, 0.15) is 0 Å². The van der Waals surface area contributed by atoms with Crippen molar-refractivity contribution in [1.29, 1.82) is 0 Å². The van der Waals surface area contributed by atoms with Crippen LogP contribution in [-0.2, 0) is 16.6 Å². The van der Waals surface area contributed by atoms with Gasteiger partial charge in [-0.25, -0.2) is 8.42 Å². The zero-order valence-electron chi connectivity index (χ0n) is 11.7. The number of aryl methyl sites for hydroxylation is 1. The SMILES string of the molecule is Cc1sc(CN)cc1S(=O)(=O)N1CC(C)CCC1C. The van der Waals surface area contributed by atoms with Crippen LogP contribution < -0.4 is 5.73 Å². The maximum atomic E-state index is 12.8. The van der Waals surface area contributed by atoms with E-state index in [-0.39, 0.29) is 6.04 Å². The zero-order chi connectivity index (χ0) is 14.2. The van der Waals surface area contributed by atoms with Gasteiger partial charge in [-0.1, -0.05) is 6.92 Å². The minimum Gasteiger partial charge on any atom is -0.326 e.